The molecule has 5 aromatic rings. The van der Waals surface area contributed by atoms with E-state index in [0.29, 0.717) is 76.3 Å². The number of hydrogen-bond donors (Lipinski definition) is 17. The predicted molar refractivity (Wildman–Crippen MR) is 488 cm³/mol. The van der Waals surface area contributed by atoms with E-state index in [2.05, 4.69) is 52.8 Å². The van der Waals surface area contributed by atoms with Crippen LogP contribution in [0.4, 0.5) is 0 Å². The average Bonchev–Trinajstić information content (AvgIpc) is 1.64. The van der Waals surface area contributed by atoms with Gasteiger partial charge in [0, 0.05) is 113 Å². The fourth-order valence-electron chi connectivity index (χ4n) is 17.8. The van der Waals surface area contributed by atoms with Gasteiger partial charge >= 0.3 is 11.9 Å². The summed E-state index contributed by atoms with van der Waals surface area (Å²) in [6, 6.07) is -1.37. The van der Waals surface area contributed by atoms with Crippen LogP contribution in [0.25, 0.3) is 21.8 Å². The molecule has 0 saturated carbocycles. The maximum absolute atomic E-state index is 15.9. The fraction of sp³-hybridized carbons (Fsp3) is 0.565. The Balaban J connectivity index is 1.10. The number of benzene rings is 3. The normalized spacial score (nSPS) is 25.4. The van der Waals surface area contributed by atoms with Gasteiger partial charge in [0.05, 0.1) is 19.6 Å². The number of rotatable bonds is 26. The van der Waals surface area contributed by atoms with Crippen LogP contribution < -0.4 is 75.5 Å². The lowest BCUT2D eigenvalue weighted by Gasteiger charge is -2.38. The van der Waals surface area contributed by atoms with Gasteiger partial charge in [0.25, 0.3) is 0 Å². The standard InChI is InChI=1S/C92H130N20O22/c1-8-10-24-70-84(125)101-61(34-35-77(116)117)80(121)99-60(79(96)120)23-18-29-76(115)98-65(41-52-30-32-56(134-7)33-31-52)89(130)110-38-17-16-27-71(110)85(126)105-67(45-75(95)114)90(131)111-39-19-28-72(111)86(127)106-68(46-94)83(124)103-64(40-51(3)4)91(132)112-49-55(113)44-74(112)87(128)102-63(42-53-47-97-59-22-14-12-20-57(53)59)82(123)100-62(36-37-93)81(122)104-66(88(129)108(6)73(25-11-9-2)92(133)107(70)5)43-54-48-109(50-78(118)119)69-26-15-13-21-58(54)69/h12-15,20-22,26,30-33,47-48,51,55,60-68,70-74,97,113H,8-11,16-19,23-25,27-29,34-46,49-50,93-94H2,1-7H3,(H2,95,114)(H2,96,120)(H,98,115)(H,99,121)(H,100,123)(H,101,125)(H,102,128)(H,103,124)(H,104,122)(H,105,126)(H,106,127)(H,116,117)(H,118,119)/t55-,60+,61+,62+,63+,64+,65+,66+,67+,68+,70+,71+,72+,73+,74+/m1/s1. The molecule has 9 rings (SSSR count). The molecule has 0 unspecified atom stereocenters. The molecule has 4 aliphatic heterocycles. The lowest BCUT2D eigenvalue weighted by Crippen LogP contribution is -2.62. The Bertz CT molecular complexity index is 5060. The number of para-hydroxylation sites is 2. The van der Waals surface area contributed by atoms with E-state index in [1.54, 1.807) is 99.8 Å². The summed E-state index contributed by atoms with van der Waals surface area (Å²) < 4.78 is 6.79. The highest BCUT2D eigenvalue weighted by Crippen LogP contribution is 2.30. The summed E-state index contributed by atoms with van der Waals surface area (Å²) >= 11 is 0. The van der Waals surface area contributed by atoms with Gasteiger partial charge < -0.3 is 125 Å². The van der Waals surface area contributed by atoms with Crippen molar-refractivity contribution in [2.45, 2.75) is 273 Å². The topological polar surface area (TPSA) is 626 Å². The maximum atomic E-state index is 15.9. The van der Waals surface area contributed by atoms with Crippen LogP contribution in [0.3, 0.4) is 0 Å². The molecule has 4 fully saturated rings. The van der Waals surface area contributed by atoms with Crippen molar-refractivity contribution in [3.8, 4) is 5.75 Å². The van der Waals surface area contributed by atoms with Crippen molar-refractivity contribution in [2.24, 2.45) is 28.9 Å². The number of amides is 16. The van der Waals surface area contributed by atoms with Crippen LogP contribution in [-0.2, 0) is 112 Å². The predicted octanol–water partition coefficient (Wildman–Crippen LogP) is -1.26. The monoisotopic (exact) mass is 1870 g/mol. The molecule has 16 amide bonds. The highest BCUT2D eigenvalue weighted by Gasteiger charge is 2.47. The number of unbranched alkanes of at least 4 members (excludes halogenated alkanes) is 2. The van der Waals surface area contributed by atoms with Crippen molar-refractivity contribution in [2.75, 3.05) is 53.9 Å². The number of carbonyl (C=O) groups is 18. The Labute approximate surface area is 776 Å². The number of nitrogens with zero attached hydrogens (tertiary/aromatic N) is 6. The molecule has 0 spiro atoms. The van der Waals surface area contributed by atoms with Gasteiger partial charge in [0.15, 0.2) is 0 Å². The number of carboxylic acids is 2. The second-order valence-corrected chi connectivity index (χ2v) is 35.3. The number of carboxylic acid groups (broad SMARTS) is 2. The van der Waals surface area contributed by atoms with Crippen molar-refractivity contribution in [1.82, 2.24) is 81.9 Å². The van der Waals surface area contributed by atoms with Crippen LogP contribution in [-0.4, -0.2) is 300 Å². The number of H-pyrrole nitrogens is 1. The molecule has 0 bridgehead atoms. The molecule has 4 aliphatic rings. The second kappa shape index (κ2) is 49.6. The van der Waals surface area contributed by atoms with Crippen LogP contribution >= 0.6 is 0 Å². The minimum absolute atomic E-state index is 0.000273. The number of aliphatic hydroxyl groups is 1. The van der Waals surface area contributed by atoms with Gasteiger partial charge in [-0.25, -0.2) is 0 Å². The first kappa shape index (κ1) is 105. The summed E-state index contributed by atoms with van der Waals surface area (Å²) in [6.45, 7) is 5.11. The molecule has 6 heterocycles. The SMILES string of the molecule is CCCC[C@H]1C(=O)N(C)[C@@H](CCCC)C(=O)N[C@@H](CCC(=O)O)C(=O)N[C@H](C(N)=O)CCCC(=O)N[C@@H](Cc2ccc(OC)cc2)C(=O)N2CCCC[C@H]2C(=O)N[C@@H](CC(N)=O)C(=O)N2CCC[C@H]2C(=O)N[C@@H](CN)C(=O)N[C@@H](CC(C)C)C(=O)N2C[C@H](O)C[C@H]2C(=O)N[C@@H](Cc2c[nH]c3ccccc23)C(=O)N[C@@H](CCN)C(=O)N[C@@H](Cc2cn(CC(=O)O)c3ccccc23)C(=O)N1C. The number of nitrogens with two attached hydrogens (primary N) is 4. The number of aromatic amines is 1. The zero-order valence-corrected chi connectivity index (χ0v) is 76.9. The second-order valence-electron chi connectivity index (χ2n) is 35.3. The zero-order valence-electron chi connectivity index (χ0n) is 76.9. The van der Waals surface area contributed by atoms with E-state index in [9.17, 15) is 63.3 Å². The van der Waals surface area contributed by atoms with Gasteiger partial charge in [-0.2, -0.15) is 0 Å². The summed E-state index contributed by atoms with van der Waals surface area (Å²) in [7, 11) is 4.06. The third kappa shape index (κ3) is 28.0. The number of nitrogens with one attached hydrogen (secondary N) is 10. The average molecular weight is 1870 g/mol. The van der Waals surface area contributed by atoms with Gasteiger partial charge in [0.1, 0.15) is 96.9 Å². The first-order valence-corrected chi connectivity index (χ1v) is 45.9. The number of aliphatic carboxylic acids is 2. The van der Waals surface area contributed by atoms with Crippen LogP contribution in [0.15, 0.2) is 85.2 Å². The first-order chi connectivity index (χ1) is 63.9. The van der Waals surface area contributed by atoms with Crippen molar-refractivity contribution in [3.05, 3.63) is 102 Å². The minimum Gasteiger partial charge on any atom is -0.497 e. The van der Waals surface area contributed by atoms with Gasteiger partial charge in [-0.05, 0) is 130 Å². The quantitative estimate of drug-likeness (QED) is 0.0307. The summed E-state index contributed by atoms with van der Waals surface area (Å²) in [5.74, 6) is -17.5. The van der Waals surface area contributed by atoms with Crippen LogP contribution in [0.2, 0.25) is 0 Å². The Morgan fingerprint density at radius 2 is 1.04 bits per heavy atom. The van der Waals surface area contributed by atoms with Crippen LogP contribution in [0.1, 0.15) is 173 Å². The molecular formula is C92H130N20O22. The molecule has 21 N–H and O–H groups in total. The van der Waals surface area contributed by atoms with E-state index in [1.165, 1.54) is 36.9 Å². The molecule has 3 aromatic carbocycles. The Kier molecular flexibility index (Phi) is 38.7. The Hall–Kier alpha value is -13.1. The number of carbonyl (C=O) groups excluding carboxylic acids is 16. The Morgan fingerprint density at radius 1 is 0.507 bits per heavy atom. The number of ether oxygens (including phenoxy) is 1. The third-order valence-electron chi connectivity index (χ3n) is 25.0. The first-order valence-electron chi connectivity index (χ1n) is 45.9. The minimum atomic E-state index is -1.73. The number of aromatic nitrogens is 2. The molecule has 0 aliphatic carbocycles. The maximum Gasteiger partial charge on any atom is 0.323 e. The molecule has 2 aromatic heterocycles. The fourth-order valence-corrected chi connectivity index (χ4v) is 17.8. The summed E-state index contributed by atoms with van der Waals surface area (Å²) in [5.41, 5.74) is 26.6. The molecular weight excluding hydrogens is 1740 g/mol. The van der Waals surface area contributed by atoms with Gasteiger partial charge in [-0.3, -0.25) is 86.3 Å². The van der Waals surface area contributed by atoms with Crippen molar-refractivity contribution < 1.29 is 106 Å². The van der Waals surface area contributed by atoms with E-state index in [1.807, 2.05) is 6.92 Å². The van der Waals surface area contributed by atoms with E-state index < -0.39 is 249 Å². The smallest absolute Gasteiger partial charge is 0.323 e. The van der Waals surface area contributed by atoms with E-state index in [0.717, 1.165) is 19.6 Å². The number of likely N-dealkylation sites (N-methyl/N-ethyl adjacent to an activating group) is 2. The van der Waals surface area contributed by atoms with E-state index in [4.69, 9.17) is 27.7 Å². The molecule has 4 saturated heterocycles. The van der Waals surface area contributed by atoms with Gasteiger partial charge in [-0.15, -0.1) is 0 Å². The molecule has 15 atom stereocenters. The highest BCUT2D eigenvalue weighted by atomic mass is 16.5. The highest BCUT2D eigenvalue weighted by molar-refractivity contribution is 6.02. The third-order valence-corrected chi connectivity index (χ3v) is 25.0. The lowest BCUT2D eigenvalue weighted by molar-refractivity contribution is -0.149. The summed E-state index contributed by atoms with van der Waals surface area (Å²) in [4.78, 5) is 271. The van der Waals surface area contributed by atoms with Crippen LogP contribution in [0.5, 0.6) is 5.75 Å². The largest absolute Gasteiger partial charge is 0.497 e. The molecule has 42 heteroatoms. The lowest BCUT2D eigenvalue weighted by atomic mass is 9.97. The summed E-state index contributed by atoms with van der Waals surface area (Å²) in [6.07, 6.45) is -0.573. The number of methoxy groups -OCH3 is 1. The Morgan fingerprint density at radius 3 is 1.68 bits per heavy atom. The van der Waals surface area contributed by atoms with Crippen LogP contribution in [0, 0.1) is 5.92 Å². The van der Waals surface area contributed by atoms with E-state index >= 15 is 38.4 Å². The number of hydrogen-bond acceptors (Lipinski definition) is 22. The van der Waals surface area contributed by atoms with E-state index in [-0.39, 0.29) is 109 Å². The number of piperidine rings is 1. The molecule has 134 heavy (non-hydrogen) atoms. The van der Waals surface area contributed by atoms with Crippen molar-refractivity contribution in [1.29, 1.82) is 0 Å². The summed E-state index contributed by atoms with van der Waals surface area (Å²) in [5, 5.41) is 56.7. The number of primary amides is 2. The zero-order chi connectivity index (χ0) is 97.9. The van der Waals surface area contributed by atoms with Gasteiger partial charge in [-0.1, -0.05) is 102 Å². The molecule has 730 valence electrons. The molecule has 42 nitrogen and oxygen atoms in total. The van der Waals surface area contributed by atoms with Crippen molar-refractivity contribution >= 4 is 128 Å². The van der Waals surface area contributed by atoms with Gasteiger partial charge in [0.2, 0.25) is 94.5 Å². The number of aliphatic hydroxyl groups excluding tert-OH is 1. The number of fused-ring (bicyclic) bond motifs is 5. The van der Waals surface area contributed by atoms with Crippen molar-refractivity contribution in [3.63, 3.8) is 0 Å². The molecule has 0 radical (unpaired) electrons.